The minimum absolute atomic E-state index is 0.0909. The molecule has 0 saturated carbocycles. The van der Waals surface area contributed by atoms with Crippen molar-refractivity contribution in [2.75, 3.05) is 13.2 Å². The van der Waals surface area contributed by atoms with E-state index in [4.69, 9.17) is 9.47 Å². The van der Waals surface area contributed by atoms with Crippen molar-refractivity contribution in [3.8, 4) is 0 Å². The molecule has 0 aromatic carbocycles. The summed E-state index contributed by atoms with van der Waals surface area (Å²) in [6.45, 7) is 15.3. The van der Waals surface area contributed by atoms with E-state index < -0.39 is 6.09 Å². The molecule has 0 aromatic rings. The molecule has 1 aliphatic heterocycles. The van der Waals surface area contributed by atoms with E-state index in [9.17, 15) is 9.59 Å². The minimum atomic E-state index is -0.480. The Labute approximate surface area is 153 Å². The number of amides is 2. The third kappa shape index (κ3) is 6.96. The largest absolute Gasteiger partial charge is 0.447 e. The predicted octanol–water partition coefficient (Wildman–Crippen LogP) is 4.78. The molecule has 1 rings (SSSR count). The van der Waals surface area contributed by atoms with Crippen molar-refractivity contribution in [3.05, 3.63) is 0 Å². The zero-order valence-electron chi connectivity index (χ0n) is 17.2. The molecule has 0 bridgehead atoms. The number of carbonyl (C=O) groups excluding carboxylic acids is 2. The van der Waals surface area contributed by atoms with Crippen LogP contribution in [0.25, 0.3) is 0 Å². The molecular weight excluding hydrogens is 318 g/mol. The molecule has 2 atom stereocenters. The maximum atomic E-state index is 13.2. The number of hydrogen-bond acceptors (Lipinski definition) is 4. The van der Waals surface area contributed by atoms with Crippen LogP contribution >= 0.6 is 0 Å². The lowest BCUT2D eigenvalue weighted by molar-refractivity contribution is -0.137. The number of nitrogens with zero attached hydrogens (tertiary/aromatic N) is 1. The van der Waals surface area contributed by atoms with Crippen molar-refractivity contribution >= 4 is 12.0 Å². The molecule has 1 saturated heterocycles. The summed E-state index contributed by atoms with van der Waals surface area (Å²) in [5, 5.41) is 0. The average molecular weight is 356 g/mol. The van der Waals surface area contributed by atoms with Gasteiger partial charge in [-0.25, -0.2) is 9.69 Å². The molecule has 0 spiro atoms. The van der Waals surface area contributed by atoms with E-state index in [-0.39, 0.29) is 28.9 Å². The molecule has 5 heteroatoms. The highest BCUT2D eigenvalue weighted by molar-refractivity contribution is 5.95. The molecule has 5 nitrogen and oxygen atoms in total. The number of ether oxygens (including phenoxy) is 2. The van der Waals surface area contributed by atoms with Gasteiger partial charge >= 0.3 is 6.09 Å². The second-order valence-electron chi connectivity index (χ2n) is 9.10. The fourth-order valence-corrected chi connectivity index (χ4v) is 3.14. The summed E-state index contributed by atoms with van der Waals surface area (Å²) < 4.78 is 10.9. The molecule has 0 aliphatic carbocycles. The first kappa shape index (κ1) is 21.9. The lowest BCUT2D eigenvalue weighted by atomic mass is 9.77. The number of unbranched alkanes of at least 4 members (excludes halogenated alkanes) is 1. The van der Waals surface area contributed by atoms with Crippen molar-refractivity contribution in [2.24, 2.45) is 11.3 Å². The van der Waals surface area contributed by atoms with Gasteiger partial charge in [-0.05, 0) is 45.4 Å². The van der Waals surface area contributed by atoms with E-state index in [0.717, 1.165) is 25.7 Å². The summed E-state index contributed by atoms with van der Waals surface area (Å²) in [5.41, 5.74) is -0.387. The van der Waals surface area contributed by atoms with Crippen LogP contribution in [0.1, 0.15) is 80.6 Å². The summed E-state index contributed by atoms with van der Waals surface area (Å²) in [7, 11) is 0. The van der Waals surface area contributed by atoms with Crippen LogP contribution in [0, 0.1) is 11.3 Å². The highest BCUT2D eigenvalue weighted by Crippen LogP contribution is 2.34. The van der Waals surface area contributed by atoms with E-state index in [1.165, 1.54) is 4.90 Å². The zero-order chi connectivity index (χ0) is 19.3. The minimum Gasteiger partial charge on any atom is -0.447 e. The lowest BCUT2D eigenvalue weighted by Gasteiger charge is -2.33. The summed E-state index contributed by atoms with van der Waals surface area (Å²) in [6, 6.07) is -0.115. The summed E-state index contributed by atoms with van der Waals surface area (Å²) in [6.07, 6.45) is 3.88. The smallest absolute Gasteiger partial charge is 0.416 e. The number of carbonyl (C=O) groups is 2. The van der Waals surface area contributed by atoms with Crippen molar-refractivity contribution in [1.29, 1.82) is 0 Å². The van der Waals surface area contributed by atoms with E-state index >= 15 is 0 Å². The van der Waals surface area contributed by atoms with Crippen LogP contribution in [-0.4, -0.2) is 41.8 Å². The van der Waals surface area contributed by atoms with Crippen LogP contribution in [0.4, 0.5) is 4.79 Å². The summed E-state index contributed by atoms with van der Waals surface area (Å²) in [4.78, 5) is 26.7. The monoisotopic (exact) mass is 355 g/mol. The molecular formula is C20H37NO4. The van der Waals surface area contributed by atoms with Crippen LogP contribution in [0.15, 0.2) is 0 Å². The van der Waals surface area contributed by atoms with Crippen molar-refractivity contribution < 1.29 is 19.1 Å². The number of imide groups is 1. The Hall–Kier alpha value is -1.10. The standard InChI is InChI=1S/C20H37NO4/c1-8-9-11-15-14-24-18(23)21(15)17(22)16(19(2,3)4)12-10-13-25-20(5,6)7/h15-16H,8-14H2,1-7H3. The van der Waals surface area contributed by atoms with Crippen LogP contribution < -0.4 is 0 Å². The Bertz CT molecular complexity index is 448. The Morgan fingerprint density at radius 3 is 2.40 bits per heavy atom. The Morgan fingerprint density at radius 2 is 1.88 bits per heavy atom. The van der Waals surface area contributed by atoms with E-state index in [1.54, 1.807) is 0 Å². The molecule has 1 aliphatic rings. The van der Waals surface area contributed by atoms with Gasteiger partial charge in [-0.2, -0.15) is 0 Å². The lowest BCUT2D eigenvalue weighted by Crippen LogP contribution is -2.46. The predicted molar refractivity (Wildman–Crippen MR) is 99.4 cm³/mol. The SMILES string of the molecule is CCCCC1COC(=O)N1C(=O)C(CCCOC(C)(C)C)C(C)(C)C. The zero-order valence-corrected chi connectivity index (χ0v) is 17.2. The van der Waals surface area contributed by atoms with E-state index in [0.29, 0.717) is 19.6 Å². The molecule has 1 heterocycles. The maximum absolute atomic E-state index is 13.2. The first-order chi connectivity index (χ1) is 11.5. The van der Waals surface area contributed by atoms with Gasteiger partial charge in [0, 0.05) is 12.5 Å². The first-order valence-corrected chi connectivity index (χ1v) is 9.61. The Morgan fingerprint density at radius 1 is 1.24 bits per heavy atom. The second-order valence-corrected chi connectivity index (χ2v) is 9.10. The molecule has 2 amide bonds. The molecule has 25 heavy (non-hydrogen) atoms. The van der Waals surface area contributed by atoms with Gasteiger partial charge in [0.2, 0.25) is 5.91 Å². The van der Waals surface area contributed by atoms with Gasteiger partial charge in [-0.3, -0.25) is 4.79 Å². The Kier molecular flexibility index (Phi) is 7.91. The third-order valence-corrected chi connectivity index (χ3v) is 4.61. The molecule has 0 N–H and O–H groups in total. The summed E-state index contributed by atoms with van der Waals surface area (Å²) >= 11 is 0. The van der Waals surface area contributed by atoms with Crippen molar-refractivity contribution in [3.63, 3.8) is 0 Å². The first-order valence-electron chi connectivity index (χ1n) is 9.61. The molecule has 0 radical (unpaired) electrons. The van der Waals surface area contributed by atoms with Crippen LogP contribution in [0.3, 0.4) is 0 Å². The Balaban J connectivity index is 2.76. The van der Waals surface area contributed by atoms with E-state index in [2.05, 4.69) is 27.7 Å². The average Bonchev–Trinajstić information content (AvgIpc) is 2.82. The van der Waals surface area contributed by atoms with Gasteiger partial charge in [0.1, 0.15) is 6.61 Å². The topological polar surface area (TPSA) is 55.8 Å². The van der Waals surface area contributed by atoms with Crippen LogP contribution in [-0.2, 0) is 14.3 Å². The van der Waals surface area contributed by atoms with Gasteiger partial charge in [0.25, 0.3) is 0 Å². The molecule has 2 unspecified atom stereocenters. The second kappa shape index (κ2) is 9.02. The van der Waals surface area contributed by atoms with Gasteiger partial charge < -0.3 is 9.47 Å². The summed E-state index contributed by atoms with van der Waals surface area (Å²) in [5.74, 6) is -0.308. The molecule has 146 valence electrons. The number of rotatable bonds is 8. The quantitative estimate of drug-likeness (QED) is 0.588. The molecule has 0 aromatic heterocycles. The fourth-order valence-electron chi connectivity index (χ4n) is 3.14. The number of hydrogen-bond donors (Lipinski definition) is 0. The fraction of sp³-hybridized carbons (Fsp3) is 0.900. The van der Waals surface area contributed by atoms with Gasteiger partial charge in [-0.1, -0.05) is 40.5 Å². The third-order valence-electron chi connectivity index (χ3n) is 4.61. The number of cyclic esters (lactones) is 1. The van der Waals surface area contributed by atoms with Crippen molar-refractivity contribution in [1.82, 2.24) is 4.90 Å². The van der Waals surface area contributed by atoms with E-state index in [1.807, 2.05) is 20.8 Å². The van der Waals surface area contributed by atoms with Crippen LogP contribution in [0.2, 0.25) is 0 Å². The normalized spacial score (nSPS) is 19.9. The van der Waals surface area contributed by atoms with Crippen LogP contribution in [0.5, 0.6) is 0 Å². The molecule has 1 fully saturated rings. The van der Waals surface area contributed by atoms with Crippen molar-refractivity contribution in [2.45, 2.75) is 92.2 Å². The highest BCUT2D eigenvalue weighted by Gasteiger charge is 2.43. The maximum Gasteiger partial charge on any atom is 0.416 e. The highest BCUT2D eigenvalue weighted by atomic mass is 16.6. The van der Waals surface area contributed by atoms with Gasteiger partial charge in [-0.15, -0.1) is 0 Å². The van der Waals surface area contributed by atoms with Gasteiger partial charge in [0.15, 0.2) is 0 Å². The van der Waals surface area contributed by atoms with Gasteiger partial charge in [0.05, 0.1) is 11.6 Å².